The van der Waals surface area contributed by atoms with Crippen LogP contribution in [0, 0.1) is 0 Å². The smallest absolute Gasteiger partial charge is 0.323 e. The highest BCUT2D eigenvalue weighted by Gasteiger charge is 2.32. The van der Waals surface area contributed by atoms with Crippen molar-refractivity contribution in [1.82, 2.24) is 5.32 Å². The van der Waals surface area contributed by atoms with Crippen molar-refractivity contribution in [3.63, 3.8) is 0 Å². The van der Waals surface area contributed by atoms with Gasteiger partial charge in [0.1, 0.15) is 6.04 Å². The zero-order valence-corrected chi connectivity index (χ0v) is 7.79. The van der Waals surface area contributed by atoms with Gasteiger partial charge in [-0.25, -0.2) is 0 Å². The van der Waals surface area contributed by atoms with Crippen LogP contribution in [0.3, 0.4) is 0 Å². The number of hydrogen-bond acceptors (Lipinski definition) is 3. The molecule has 0 aliphatic heterocycles. The van der Waals surface area contributed by atoms with E-state index in [9.17, 15) is 9.90 Å². The Morgan fingerprint density at radius 2 is 2.08 bits per heavy atom. The van der Waals surface area contributed by atoms with E-state index in [2.05, 4.69) is 5.32 Å². The summed E-state index contributed by atoms with van der Waals surface area (Å²) in [5.41, 5.74) is -1.22. The fourth-order valence-electron chi connectivity index (χ4n) is 0.928. The van der Waals surface area contributed by atoms with Gasteiger partial charge in [0.05, 0.1) is 5.60 Å². The van der Waals surface area contributed by atoms with E-state index in [0.717, 1.165) is 6.42 Å². The summed E-state index contributed by atoms with van der Waals surface area (Å²) in [5.74, 6) is -1.02. The molecule has 0 saturated carbocycles. The highest BCUT2D eigenvalue weighted by Crippen LogP contribution is 2.08. The van der Waals surface area contributed by atoms with Crippen LogP contribution in [0.5, 0.6) is 0 Å². The molecule has 0 fully saturated rings. The molecular weight excluding hydrogens is 158 g/mol. The van der Waals surface area contributed by atoms with Crippen LogP contribution in [0.1, 0.15) is 27.2 Å². The topological polar surface area (TPSA) is 69.6 Å². The molecule has 0 spiro atoms. The van der Waals surface area contributed by atoms with Crippen LogP contribution in [0.4, 0.5) is 0 Å². The summed E-state index contributed by atoms with van der Waals surface area (Å²) < 4.78 is 0. The first kappa shape index (κ1) is 11.4. The molecule has 0 rings (SSSR count). The van der Waals surface area contributed by atoms with Gasteiger partial charge in [-0.3, -0.25) is 4.79 Å². The Bertz CT molecular complexity index is 151. The second-order valence-corrected chi connectivity index (χ2v) is 3.38. The fourth-order valence-corrected chi connectivity index (χ4v) is 0.928. The zero-order chi connectivity index (χ0) is 9.78. The minimum absolute atomic E-state index is 0.598. The van der Waals surface area contributed by atoms with Crippen LogP contribution in [-0.2, 0) is 4.79 Å². The molecule has 3 N–H and O–H groups in total. The first-order valence-corrected chi connectivity index (χ1v) is 4.08. The van der Waals surface area contributed by atoms with Crippen LogP contribution in [0.15, 0.2) is 0 Å². The molecule has 1 atom stereocenters. The van der Waals surface area contributed by atoms with Crippen molar-refractivity contribution >= 4 is 5.97 Å². The fraction of sp³-hybridized carbons (Fsp3) is 0.875. The van der Waals surface area contributed by atoms with E-state index >= 15 is 0 Å². The molecule has 0 heterocycles. The van der Waals surface area contributed by atoms with Crippen molar-refractivity contribution in [2.45, 2.75) is 38.8 Å². The van der Waals surface area contributed by atoms with Crippen molar-refractivity contribution in [2.24, 2.45) is 0 Å². The van der Waals surface area contributed by atoms with Gasteiger partial charge < -0.3 is 15.5 Å². The molecule has 0 aromatic carbocycles. The third-order valence-corrected chi connectivity index (χ3v) is 1.55. The average molecular weight is 175 g/mol. The number of carbonyl (C=O) groups is 1. The monoisotopic (exact) mass is 175 g/mol. The molecule has 0 radical (unpaired) electrons. The molecule has 4 heteroatoms. The molecule has 0 aromatic heterocycles. The predicted molar refractivity (Wildman–Crippen MR) is 46.0 cm³/mol. The van der Waals surface area contributed by atoms with E-state index in [0.29, 0.717) is 6.54 Å². The Labute approximate surface area is 72.6 Å². The summed E-state index contributed by atoms with van der Waals surface area (Å²) in [5, 5.41) is 20.9. The normalized spacial score (nSPS) is 14.3. The van der Waals surface area contributed by atoms with Crippen molar-refractivity contribution in [3.05, 3.63) is 0 Å². The predicted octanol–water partition coefficient (Wildman–Crippen LogP) is 0.210. The standard InChI is InChI=1S/C8H17NO3/c1-4-5-9-6(7(10)11)8(2,3)12/h6,9,12H,4-5H2,1-3H3,(H,10,11)/t6-/m1/s1. The lowest BCUT2D eigenvalue weighted by molar-refractivity contribution is -0.145. The number of rotatable bonds is 5. The molecule has 0 aliphatic carbocycles. The highest BCUT2D eigenvalue weighted by atomic mass is 16.4. The van der Waals surface area contributed by atoms with Crippen molar-refractivity contribution < 1.29 is 15.0 Å². The molecule has 0 saturated heterocycles. The lowest BCUT2D eigenvalue weighted by Crippen LogP contribution is -2.52. The van der Waals surface area contributed by atoms with Crippen molar-refractivity contribution in [3.8, 4) is 0 Å². The van der Waals surface area contributed by atoms with Gasteiger partial charge >= 0.3 is 5.97 Å². The van der Waals surface area contributed by atoms with E-state index in [1.165, 1.54) is 13.8 Å². The summed E-state index contributed by atoms with van der Waals surface area (Å²) >= 11 is 0. The zero-order valence-electron chi connectivity index (χ0n) is 7.79. The van der Waals surface area contributed by atoms with Gasteiger partial charge in [-0.2, -0.15) is 0 Å². The van der Waals surface area contributed by atoms with Gasteiger partial charge in [0.15, 0.2) is 0 Å². The van der Waals surface area contributed by atoms with Gasteiger partial charge in [0, 0.05) is 0 Å². The quantitative estimate of drug-likeness (QED) is 0.558. The van der Waals surface area contributed by atoms with Crippen molar-refractivity contribution in [1.29, 1.82) is 0 Å². The lowest BCUT2D eigenvalue weighted by Gasteiger charge is -2.26. The molecule has 0 unspecified atom stereocenters. The van der Waals surface area contributed by atoms with E-state index in [4.69, 9.17) is 5.11 Å². The molecule has 0 aliphatic rings. The summed E-state index contributed by atoms with van der Waals surface area (Å²) in [4.78, 5) is 10.6. The van der Waals surface area contributed by atoms with Crippen LogP contribution >= 0.6 is 0 Å². The summed E-state index contributed by atoms with van der Waals surface area (Å²) in [6, 6.07) is -0.891. The first-order valence-electron chi connectivity index (χ1n) is 4.08. The number of hydrogen-bond donors (Lipinski definition) is 3. The van der Waals surface area contributed by atoms with Crippen molar-refractivity contribution in [2.75, 3.05) is 6.54 Å². The van der Waals surface area contributed by atoms with E-state index in [1.54, 1.807) is 0 Å². The maximum atomic E-state index is 10.6. The van der Waals surface area contributed by atoms with Gasteiger partial charge in [-0.05, 0) is 26.8 Å². The minimum atomic E-state index is -1.22. The molecule has 12 heavy (non-hydrogen) atoms. The molecule has 4 nitrogen and oxygen atoms in total. The Morgan fingerprint density at radius 3 is 2.33 bits per heavy atom. The Kier molecular flexibility index (Phi) is 4.20. The maximum Gasteiger partial charge on any atom is 0.323 e. The van der Waals surface area contributed by atoms with Crippen LogP contribution in [-0.4, -0.2) is 34.4 Å². The molecule has 0 bridgehead atoms. The largest absolute Gasteiger partial charge is 0.480 e. The molecular formula is C8H17NO3. The van der Waals surface area contributed by atoms with Gasteiger partial charge in [0.2, 0.25) is 0 Å². The summed E-state index contributed by atoms with van der Waals surface area (Å²) in [6.07, 6.45) is 0.847. The van der Waals surface area contributed by atoms with Crippen LogP contribution in [0.25, 0.3) is 0 Å². The third-order valence-electron chi connectivity index (χ3n) is 1.55. The van der Waals surface area contributed by atoms with E-state index in [-0.39, 0.29) is 0 Å². The van der Waals surface area contributed by atoms with Gasteiger partial charge in [-0.15, -0.1) is 0 Å². The lowest BCUT2D eigenvalue weighted by atomic mass is 9.99. The maximum absolute atomic E-state index is 10.6. The SMILES string of the molecule is CCCN[C@H](C(=O)O)C(C)(C)O. The number of nitrogens with one attached hydrogen (secondary N) is 1. The van der Waals surface area contributed by atoms with Gasteiger partial charge in [-0.1, -0.05) is 6.92 Å². The number of carboxylic acids is 1. The average Bonchev–Trinajstić information content (AvgIpc) is 1.84. The molecule has 0 amide bonds. The number of aliphatic hydroxyl groups is 1. The first-order chi connectivity index (χ1) is 5.39. The summed E-state index contributed by atoms with van der Waals surface area (Å²) in [7, 11) is 0. The van der Waals surface area contributed by atoms with E-state index < -0.39 is 17.6 Å². The van der Waals surface area contributed by atoms with E-state index in [1.807, 2.05) is 6.92 Å². The summed E-state index contributed by atoms with van der Waals surface area (Å²) in [6.45, 7) is 5.50. The molecule has 0 aromatic rings. The number of aliphatic carboxylic acids is 1. The minimum Gasteiger partial charge on any atom is -0.480 e. The van der Waals surface area contributed by atoms with Crippen LogP contribution < -0.4 is 5.32 Å². The third kappa shape index (κ3) is 3.69. The van der Waals surface area contributed by atoms with Crippen LogP contribution in [0.2, 0.25) is 0 Å². The second-order valence-electron chi connectivity index (χ2n) is 3.38. The number of carboxylic acid groups (broad SMARTS) is 1. The highest BCUT2D eigenvalue weighted by molar-refractivity contribution is 5.74. The van der Waals surface area contributed by atoms with Gasteiger partial charge in [0.25, 0.3) is 0 Å². The Hall–Kier alpha value is -0.610. The Balaban J connectivity index is 4.15. The molecule has 72 valence electrons. The Morgan fingerprint density at radius 1 is 1.58 bits per heavy atom. The second kappa shape index (κ2) is 4.42.